The Balaban J connectivity index is 2.08. The van der Waals surface area contributed by atoms with Gasteiger partial charge in [-0.2, -0.15) is 5.10 Å². The van der Waals surface area contributed by atoms with Crippen LogP contribution in [0, 0.1) is 0 Å². The summed E-state index contributed by atoms with van der Waals surface area (Å²) in [4.78, 5) is 0. The minimum atomic E-state index is 0.549. The van der Waals surface area contributed by atoms with Crippen LogP contribution in [0.3, 0.4) is 0 Å². The van der Waals surface area contributed by atoms with Crippen LogP contribution in [0.4, 0.5) is 0 Å². The van der Waals surface area contributed by atoms with Crippen molar-refractivity contribution in [2.75, 3.05) is 6.54 Å². The van der Waals surface area contributed by atoms with Gasteiger partial charge < -0.3 is 5.32 Å². The summed E-state index contributed by atoms with van der Waals surface area (Å²) in [5.41, 5.74) is 1.33. The minimum absolute atomic E-state index is 0.549. The van der Waals surface area contributed by atoms with Crippen LogP contribution in [0.15, 0.2) is 12.4 Å². The van der Waals surface area contributed by atoms with Gasteiger partial charge in [-0.15, -0.1) is 0 Å². The number of nitrogens with zero attached hydrogens (tertiary/aromatic N) is 2. The molecule has 1 N–H and O–H groups in total. The van der Waals surface area contributed by atoms with Gasteiger partial charge >= 0.3 is 0 Å². The van der Waals surface area contributed by atoms with Crippen molar-refractivity contribution in [2.45, 2.75) is 25.3 Å². The van der Waals surface area contributed by atoms with Gasteiger partial charge in [-0.05, 0) is 19.4 Å². The topological polar surface area (TPSA) is 29.9 Å². The van der Waals surface area contributed by atoms with Crippen LogP contribution in [-0.2, 0) is 7.05 Å². The molecule has 1 unspecified atom stereocenters. The van der Waals surface area contributed by atoms with Gasteiger partial charge in [0.15, 0.2) is 0 Å². The highest BCUT2D eigenvalue weighted by molar-refractivity contribution is 5.10. The summed E-state index contributed by atoms with van der Waals surface area (Å²) in [5, 5.41) is 7.66. The third-order valence-corrected chi connectivity index (χ3v) is 2.44. The molecule has 1 aliphatic rings. The molecule has 2 heterocycles. The largest absolute Gasteiger partial charge is 0.310 e. The number of nitrogens with one attached hydrogen (secondary N) is 1. The van der Waals surface area contributed by atoms with Crippen molar-refractivity contribution in [3.63, 3.8) is 0 Å². The summed E-state index contributed by atoms with van der Waals surface area (Å²) in [5.74, 6) is 0. The van der Waals surface area contributed by atoms with Gasteiger partial charge in [0.25, 0.3) is 0 Å². The van der Waals surface area contributed by atoms with Crippen LogP contribution in [0.25, 0.3) is 0 Å². The van der Waals surface area contributed by atoms with E-state index in [1.807, 2.05) is 17.9 Å². The maximum absolute atomic E-state index is 4.17. The van der Waals surface area contributed by atoms with E-state index in [0.717, 1.165) is 6.54 Å². The molecule has 0 bridgehead atoms. The Kier molecular flexibility index (Phi) is 2.13. The molecule has 66 valence electrons. The molecule has 0 aliphatic carbocycles. The Morgan fingerprint density at radius 1 is 1.58 bits per heavy atom. The number of aryl methyl sites for hydroxylation is 1. The Morgan fingerprint density at radius 2 is 2.50 bits per heavy atom. The predicted octanol–water partition coefficient (Wildman–Crippen LogP) is 1.23. The van der Waals surface area contributed by atoms with E-state index in [1.165, 1.54) is 24.8 Å². The fourth-order valence-electron chi connectivity index (χ4n) is 1.76. The number of rotatable bonds is 1. The average Bonchev–Trinajstić information content (AvgIpc) is 2.54. The maximum Gasteiger partial charge on any atom is 0.0537 e. The number of hydrogen-bond acceptors (Lipinski definition) is 2. The highest BCUT2D eigenvalue weighted by atomic mass is 15.2. The minimum Gasteiger partial charge on any atom is -0.310 e. The lowest BCUT2D eigenvalue weighted by Crippen LogP contribution is -2.26. The fourth-order valence-corrected chi connectivity index (χ4v) is 1.76. The Bertz CT molecular complexity index is 248. The van der Waals surface area contributed by atoms with Crippen molar-refractivity contribution in [3.05, 3.63) is 18.0 Å². The van der Waals surface area contributed by atoms with E-state index in [4.69, 9.17) is 0 Å². The van der Waals surface area contributed by atoms with Crippen LogP contribution in [-0.4, -0.2) is 16.3 Å². The molecule has 3 nitrogen and oxygen atoms in total. The molecule has 1 aromatic rings. The van der Waals surface area contributed by atoms with E-state index in [0.29, 0.717) is 6.04 Å². The van der Waals surface area contributed by atoms with Gasteiger partial charge in [-0.3, -0.25) is 4.68 Å². The first kappa shape index (κ1) is 7.80. The quantitative estimate of drug-likeness (QED) is 0.678. The second kappa shape index (κ2) is 3.27. The van der Waals surface area contributed by atoms with Crippen LogP contribution in [0.5, 0.6) is 0 Å². The summed E-state index contributed by atoms with van der Waals surface area (Å²) < 4.78 is 1.87. The highest BCUT2D eigenvalue weighted by Gasteiger charge is 2.15. The van der Waals surface area contributed by atoms with E-state index in [1.54, 1.807) is 0 Å². The first-order valence-corrected chi connectivity index (χ1v) is 4.58. The zero-order valence-electron chi connectivity index (χ0n) is 7.45. The molecule has 1 fully saturated rings. The molecule has 1 aromatic heterocycles. The molecular formula is C9H15N3. The Morgan fingerprint density at radius 3 is 3.08 bits per heavy atom. The van der Waals surface area contributed by atoms with Gasteiger partial charge in [0.2, 0.25) is 0 Å². The zero-order chi connectivity index (χ0) is 8.39. The zero-order valence-corrected chi connectivity index (χ0v) is 7.45. The second-order valence-electron chi connectivity index (χ2n) is 3.45. The van der Waals surface area contributed by atoms with E-state index in [9.17, 15) is 0 Å². The Hall–Kier alpha value is -0.830. The van der Waals surface area contributed by atoms with Gasteiger partial charge in [0.05, 0.1) is 6.20 Å². The lowest BCUT2D eigenvalue weighted by molar-refractivity contribution is 0.412. The monoisotopic (exact) mass is 165 g/mol. The molecule has 0 radical (unpaired) electrons. The Labute approximate surface area is 72.8 Å². The van der Waals surface area contributed by atoms with Crippen LogP contribution in [0.2, 0.25) is 0 Å². The third kappa shape index (κ3) is 1.50. The van der Waals surface area contributed by atoms with Crippen molar-refractivity contribution < 1.29 is 0 Å². The highest BCUT2D eigenvalue weighted by Crippen LogP contribution is 2.21. The molecule has 0 aromatic carbocycles. The third-order valence-electron chi connectivity index (χ3n) is 2.44. The molecule has 1 aliphatic heterocycles. The second-order valence-corrected chi connectivity index (χ2v) is 3.45. The van der Waals surface area contributed by atoms with Crippen molar-refractivity contribution in [1.82, 2.24) is 15.1 Å². The molecule has 1 saturated heterocycles. The van der Waals surface area contributed by atoms with Crippen LogP contribution < -0.4 is 5.32 Å². The fraction of sp³-hybridized carbons (Fsp3) is 0.667. The normalized spacial score (nSPS) is 24.2. The molecule has 0 amide bonds. The van der Waals surface area contributed by atoms with Gasteiger partial charge in [0, 0.05) is 24.8 Å². The van der Waals surface area contributed by atoms with Crippen molar-refractivity contribution in [2.24, 2.45) is 7.05 Å². The van der Waals surface area contributed by atoms with Crippen molar-refractivity contribution in [3.8, 4) is 0 Å². The first-order chi connectivity index (χ1) is 5.86. The predicted molar refractivity (Wildman–Crippen MR) is 47.8 cm³/mol. The summed E-state index contributed by atoms with van der Waals surface area (Å²) in [6.07, 6.45) is 7.97. The smallest absolute Gasteiger partial charge is 0.0537 e. The van der Waals surface area contributed by atoms with Gasteiger partial charge in [-0.25, -0.2) is 0 Å². The lowest BCUT2D eigenvalue weighted by Gasteiger charge is -2.21. The molecule has 1 atom stereocenters. The van der Waals surface area contributed by atoms with E-state index in [-0.39, 0.29) is 0 Å². The first-order valence-electron chi connectivity index (χ1n) is 4.58. The molecule has 12 heavy (non-hydrogen) atoms. The van der Waals surface area contributed by atoms with Crippen LogP contribution >= 0.6 is 0 Å². The van der Waals surface area contributed by atoms with Crippen molar-refractivity contribution in [1.29, 1.82) is 0 Å². The number of piperidine rings is 1. The van der Waals surface area contributed by atoms with E-state index < -0.39 is 0 Å². The molecule has 0 spiro atoms. The number of hydrogen-bond donors (Lipinski definition) is 1. The van der Waals surface area contributed by atoms with E-state index >= 15 is 0 Å². The summed E-state index contributed by atoms with van der Waals surface area (Å²) >= 11 is 0. The van der Waals surface area contributed by atoms with Gasteiger partial charge in [-0.1, -0.05) is 6.42 Å². The molecular weight excluding hydrogens is 150 g/mol. The lowest BCUT2D eigenvalue weighted by atomic mass is 10.0. The summed E-state index contributed by atoms with van der Waals surface area (Å²) in [6.45, 7) is 1.15. The SMILES string of the molecule is Cn1cc(C2CCCCN2)cn1. The number of aromatic nitrogens is 2. The molecule has 0 saturated carbocycles. The summed E-state index contributed by atoms with van der Waals surface area (Å²) in [7, 11) is 1.96. The maximum atomic E-state index is 4.17. The van der Waals surface area contributed by atoms with Crippen LogP contribution in [0.1, 0.15) is 30.9 Å². The standard InChI is InChI=1S/C9H15N3/c1-12-7-8(6-11-12)9-4-2-3-5-10-9/h6-7,9-10H,2-5H2,1H3. The van der Waals surface area contributed by atoms with E-state index in [2.05, 4.69) is 16.6 Å². The van der Waals surface area contributed by atoms with Gasteiger partial charge in [0.1, 0.15) is 0 Å². The molecule has 2 rings (SSSR count). The summed E-state index contributed by atoms with van der Waals surface area (Å²) in [6, 6.07) is 0.549. The average molecular weight is 165 g/mol. The van der Waals surface area contributed by atoms with Crippen molar-refractivity contribution >= 4 is 0 Å². The molecule has 3 heteroatoms.